The SMILES string of the molecule is CCOc1ccccc1CCCNC(=O)/C=C/c1ccc(C)cc1. The maximum absolute atomic E-state index is 11.8. The summed E-state index contributed by atoms with van der Waals surface area (Å²) in [5.74, 6) is 0.874. The van der Waals surface area contributed by atoms with Crippen molar-refractivity contribution in [3.63, 3.8) is 0 Å². The van der Waals surface area contributed by atoms with E-state index in [0.717, 1.165) is 24.2 Å². The smallest absolute Gasteiger partial charge is 0.243 e. The zero-order valence-corrected chi connectivity index (χ0v) is 14.4. The van der Waals surface area contributed by atoms with Crippen LogP contribution in [0.15, 0.2) is 54.6 Å². The molecule has 3 heteroatoms. The summed E-state index contributed by atoms with van der Waals surface area (Å²) in [7, 11) is 0. The highest BCUT2D eigenvalue weighted by Gasteiger charge is 2.02. The lowest BCUT2D eigenvalue weighted by Gasteiger charge is -2.09. The Balaban J connectivity index is 1.74. The minimum atomic E-state index is -0.0614. The van der Waals surface area contributed by atoms with Crippen molar-refractivity contribution >= 4 is 12.0 Å². The Labute approximate surface area is 144 Å². The molecule has 2 rings (SSSR count). The van der Waals surface area contributed by atoms with Crippen LogP contribution in [0.3, 0.4) is 0 Å². The fourth-order valence-corrected chi connectivity index (χ4v) is 2.41. The number of ether oxygens (including phenoxy) is 1. The molecule has 24 heavy (non-hydrogen) atoms. The number of nitrogens with one attached hydrogen (secondary N) is 1. The van der Waals surface area contributed by atoms with Crippen LogP contribution in [0.5, 0.6) is 5.75 Å². The number of benzene rings is 2. The summed E-state index contributed by atoms with van der Waals surface area (Å²) < 4.78 is 5.61. The molecule has 0 aromatic heterocycles. The highest BCUT2D eigenvalue weighted by molar-refractivity contribution is 5.91. The van der Waals surface area contributed by atoms with Gasteiger partial charge in [-0.1, -0.05) is 48.0 Å². The summed E-state index contributed by atoms with van der Waals surface area (Å²) in [6.45, 7) is 5.34. The lowest BCUT2D eigenvalue weighted by Crippen LogP contribution is -2.22. The molecule has 0 fully saturated rings. The Kier molecular flexibility index (Phi) is 7.09. The number of carbonyl (C=O) groups is 1. The Morgan fingerprint density at radius 3 is 2.62 bits per heavy atom. The Hall–Kier alpha value is -2.55. The monoisotopic (exact) mass is 323 g/mol. The summed E-state index contributed by atoms with van der Waals surface area (Å²) in [6, 6.07) is 16.1. The van der Waals surface area contributed by atoms with Crippen LogP contribution >= 0.6 is 0 Å². The molecule has 0 unspecified atom stereocenters. The van der Waals surface area contributed by atoms with Crippen molar-refractivity contribution in [1.82, 2.24) is 5.32 Å². The number of carbonyl (C=O) groups excluding carboxylic acids is 1. The van der Waals surface area contributed by atoms with Crippen molar-refractivity contribution in [1.29, 1.82) is 0 Å². The standard InChI is InChI=1S/C21H25NO2/c1-3-24-20-9-5-4-7-19(20)8-6-16-22-21(23)15-14-18-12-10-17(2)11-13-18/h4-5,7,9-15H,3,6,8,16H2,1-2H3,(H,22,23)/b15-14+. The second-order valence-electron chi connectivity index (χ2n) is 5.68. The molecular formula is C21H25NO2. The molecule has 0 saturated carbocycles. The van der Waals surface area contributed by atoms with Gasteiger partial charge >= 0.3 is 0 Å². The Morgan fingerprint density at radius 2 is 1.88 bits per heavy atom. The zero-order valence-electron chi connectivity index (χ0n) is 14.4. The Bertz CT molecular complexity index is 674. The van der Waals surface area contributed by atoms with Gasteiger partial charge in [0.25, 0.3) is 0 Å². The van der Waals surface area contributed by atoms with Gasteiger partial charge in [-0.05, 0) is 50.0 Å². The number of para-hydroxylation sites is 1. The molecule has 0 aliphatic heterocycles. The lowest BCUT2D eigenvalue weighted by molar-refractivity contribution is -0.116. The van der Waals surface area contributed by atoms with Crippen LogP contribution in [0.25, 0.3) is 6.08 Å². The lowest BCUT2D eigenvalue weighted by atomic mass is 10.1. The van der Waals surface area contributed by atoms with E-state index in [2.05, 4.69) is 11.4 Å². The average molecular weight is 323 g/mol. The van der Waals surface area contributed by atoms with Gasteiger partial charge < -0.3 is 10.1 Å². The van der Waals surface area contributed by atoms with Crippen LogP contribution in [0.4, 0.5) is 0 Å². The Morgan fingerprint density at radius 1 is 1.12 bits per heavy atom. The van der Waals surface area contributed by atoms with E-state index in [4.69, 9.17) is 4.74 Å². The highest BCUT2D eigenvalue weighted by atomic mass is 16.5. The van der Waals surface area contributed by atoms with Crippen molar-refractivity contribution in [2.45, 2.75) is 26.7 Å². The molecule has 2 aromatic rings. The number of amides is 1. The minimum Gasteiger partial charge on any atom is -0.494 e. The van der Waals surface area contributed by atoms with Crippen LogP contribution in [0.1, 0.15) is 30.0 Å². The van der Waals surface area contributed by atoms with Gasteiger partial charge in [0.2, 0.25) is 5.91 Å². The van der Waals surface area contributed by atoms with Crippen molar-refractivity contribution in [2.75, 3.05) is 13.2 Å². The first-order valence-corrected chi connectivity index (χ1v) is 8.42. The maximum Gasteiger partial charge on any atom is 0.243 e. The number of rotatable bonds is 8. The summed E-state index contributed by atoms with van der Waals surface area (Å²) in [5, 5.41) is 2.92. The summed E-state index contributed by atoms with van der Waals surface area (Å²) >= 11 is 0. The van der Waals surface area contributed by atoms with Crippen LogP contribution in [-0.2, 0) is 11.2 Å². The molecule has 0 atom stereocenters. The summed E-state index contributed by atoms with van der Waals surface area (Å²) in [6.07, 6.45) is 5.18. The molecule has 0 saturated heterocycles. The zero-order chi connectivity index (χ0) is 17.2. The van der Waals surface area contributed by atoms with Gasteiger partial charge in [0, 0.05) is 12.6 Å². The molecular weight excluding hydrogens is 298 g/mol. The minimum absolute atomic E-state index is 0.0614. The van der Waals surface area contributed by atoms with E-state index >= 15 is 0 Å². The van der Waals surface area contributed by atoms with E-state index in [0.29, 0.717) is 13.2 Å². The van der Waals surface area contributed by atoms with Crippen LogP contribution in [0.2, 0.25) is 0 Å². The van der Waals surface area contributed by atoms with Gasteiger partial charge in [0.15, 0.2) is 0 Å². The largest absolute Gasteiger partial charge is 0.494 e. The molecule has 3 nitrogen and oxygen atoms in total. The van der Waals surface area contributed by atoms with Crippen molar-refractivity contribution < 1.29 is 9.53 Å². The van der Waals surface area contributed by atoms with E-state index in [1.807, 2.05) is 62.4 Å². The maximum atomic E-state index is 11.8. The third-order valence-corrected chi connectivity index (χ3v) is 3.70. The molecule has 0 aliphatic carbocycles. The van der Waals surface area contributed by atoms with E-state index in [-0.39, 0.29) is 5.91 Å². The molecule has 126 valence electrons. The van der Waals surface area contributed by atoms with Crippen molar-refractivity contribution in [2.24, 2.45) is 0 Å². The third-order valence-electron chi connectivity index (χ3n) is 3.70. The molecule has 0 radical (unpaired) electrons. The van der Waals surface area contributed by atoms with E-state index in [9.17, 15) is 4.79 Å². The first kappa shape index (κ1) is 17.8. The van der Waals surface area contributed by atoms with Crippen molar-refractivity contribution in [3.05, 3.63) is 71.3 Å². The van der Waals surface area contributed by atoms with Crippen molar-refractivity contribution in [3.8, 4) is 5.75 Å². The first-order chi connectivity index (χ1) is 11.7. The van der Waals surface area contributed by atoms with E-state index < -0.39 is 0 Å². The quantitative estimate of drug-likeness (QED) is 0.585. The number of hydrogen-bond donors (Lipinski definition) is 1. The first-order valence-electron chi connectivity index (χ1n) is 8.42. The molecule has 1 amide bonds. The number of hydrogen-bond acceptors (Lipinski definition) is 2. The second-order valence-corrected chi connectivity index (χ2v) is 5.68. The predicted molar refractivity (Wildman–Crippen MR) is 99.2 cm³/mol. The van der Waals surface area contributed by atoms with E-state index in [1.54, 1.807) is 6.08 Å². The normalized spacial score (nSPS) is 10.8. The molecule has 2 aromatic carbocycles. The van der Waals surface area contributed by atoms with Gasteiger partial charge in [-0.15, -0.1) is 0 Å². The van der Waals surface area contributed by atoms with E-state index in [1.165, 1.54) is 11.1 Å². The fraction of sp³-hybridized carbons (Fsp3) is 0.286. The molecule has 0 aliphatic rings. The van der Waals surface area contributed by atoms with Gasteiger partial charge in [-0.2, -0.15) is 0 Å². The fourth-order valence-electron chi connectivity index (χ4n) is 2.41. The van der Waals surface area contributed by atoms with Gasteiger partial charge in [0.05, 0.1) is 6.61 Å². The molecule has 0 bridgehead atoms. The molecule has 0 spiro atoms. The summed E-state index contributed by atoms with van der Waals surface area (Å²) in [5.41, 5.74) is 3.43. The van der Waals surface area contributed by atoms with Gasteiger partial charge in [-0.3, -0.25) is 4.79 Å². The topological polar surface area (TPSA) is 38.3 Å². The second kappa shape index (κ2) is 9.56. The predicted octanol–water partition coefficient (Wildman–Crippen LogP) is 4.16. The highest BCUT2D eigenvalue weighted by Crippen LogP contribution is 2.19. The molecule has 0 heterocycles. The van der Waals surface area contributed by atoms with Crippen LogP contribution < -0.4 is 10.1 Å². The number of aryl methyl sites for hydroxylation is 2. The van der Waals surface area contributed by atoms with Gasteiger partial charge in [-0.25, -0.2) is 0 Å². The third kappa shape index (κ3) is 5.92. The molecule has 1 N–H and O–H groups in total. The average Bonchev–Trinajstić information content (AvgIpc) is 2.60. The van der Waals surface area contributed by atoms with Gasteiger partial charge in [0.1, 0.15) is 5.75 Å². The van der Waals surface area contributed by atoms with Crippen LogP contribution in [-0.4, -0.2) is 19.1 Å². The summed E-state index contributed by atoms with van der Waals surface area (Å²) in [4.78, 5) is 11.8. The van der Waals surface area contributed by atoms with Crippen LogP contribution in [0, 0.1) is 6.92 Å².